The van der Waals surface area contributed by atoms with Crippen molar-refractivity contribution in [1.82, 2.24) is 10.6 Å². The van der Waals surface area contributed by atoms with Gasteiger partial charge < -0.3 is 10.6 Å². The normalized spacial score (nSPS) is 13.6. The second kappa shape index (κ2) is 8.58. The zero-order valence-corrected chi connectivity index (χ0v) is 14.7. The Morgan fingerprint density at radius 3 is 2.56 bits per heavy atom. The maximum Gasteiger partial charge on any atom is 0.321 e. The van der Waals surface area contributed by atoms with Gasteiger partial charge in [-0.1, -0.05) is 18.2 Å². The zero-order valence-electron chi connectivity index (χ0n) is 13.9. The first-order chi connectivity index (χ1) is 12.2. The third-order valence-corrected chi connectivity index (χ3v) is 5.01. The number of hydrogen-bond donors (Lipinski definition) is 2. The number of anilines is 1. The summed E-state index contributed by atoms with van der Waals surface area (Å²) in [6, 6.07) is 17.3. The van der Waals surface area contributed by atoms with Crippen LogP contribution in [0.25, 0.3) is 0 Å². The summed E-state index contributed by atoms with van der Waals surface area (Å²) in [4.78, 5) is 26.7. The number of nitrogens with one attached hydrogen (secondary N) is 2. The molecule has 0 radical (unpaired) electrons. The summed E-state index contributed by atoms with van der Waals surface area (Å²) in [6.07, 6.45) is 0.914. The minimum Gasteiger partial charge on any atom is -0.352 e. The van der Waals surface area contributed by atoms with Gasteiger partial charge in [-0.25, -0.2) is 4.79 Å². The first kappa shape index (κ1) is 17.4. The second-order valence-electron chi connectivity index (χ2n) is 5.70. The molecule has 2 N–H and O–H groups in total. The molecule has 0 unspecified atom stereocenters. The molecule has 0 aliphatic carbocycles. The Kier molecular flexibility index (Phi) is 5.95. The van der Waals surface area contributed by atoms with Crippen LogP contribution in [-0.4, -0.2) is 37.3 Å². The lowest BCUT2D eigenvalue weighted by Gasteiger charge is -2.14. The van der Waals surface area contributed by atoms with Crippen LogP contribution in [0.3, 0.4) is 0 Å². The van der Waals surface area contributed by atoms with E-state index in [1.807, 2.05) is 30.3 Å². The van der Waals surface area contributed by atoms with Crippen molar-refractivity contribution >= 4 is 29.4 Å². The molecule has 0 bridgehead atoms. The van der Waals surface area contributed by atoms with Gasteiger partial charge in [0.1, 0.15) is 0 Å². The molecule has 0 aromatic heterocycles. The molecular weight excluding hydrogens is 334 g/mol. The SMILES string of the molecule is O=C(NCCCSc1ccccc1)c1ccc(N2CCNC2=O)cc1. The summed E-state index contributed by atoms with van der Waals surface area (Å²) >= 11 is 1.79. The lowest BCUT2D eigenvalue weighted by Crippen LogP contribution is -2.28. The summed E-state index contributed by atoms with van der Waals surface area (Å²) in [7, 11) is 0. The van der Waals surface area contributed by atoms with E-state index in [0.29, 0.717) is 25.2 Å². The Labute approximate surface area is 151 Å². The van der Waals surface area contributed by atoms with E-state index in [-0.39, 0.29) is 11.9 Å². The first-order valence-corrected chi connectivity index (χ1v) is 9.34. The molecule has 6 heteroatoms. The number of carbonyl (C=O) groups is 2. The average molecular weight is 355 g/mol. The van der Waals surface area contributed by atoms with Crippen molar-refractivity contribution < 1.29 is 9.59 Å². The van der Waals surface area contributed by atoms with Gasteiger partial charge in [0.05, 0.1) is 0 Å². The molecule has 1 aliphatic heterocycles. The molecule has 3 rings (SSSR count). The number of nitrogens with zero attached hydrogens (tertiary/aromatic N) is 1. The van der Waals surface area contributed by atoms with Crippen molar-refractivity contribution in [3.8, 4) is 0 Å². The van der Waals surface area contributed by atoms with Gasteiger partial charge >= 0.3 is 6.03 Å². The lowest BCUT2D eigenvalue weighted by molar-refractivity contribution is 0.0954. The van der Waals surface area contributed by atoms with Gasteiger partial charge in [-0.2, -0.15) is 0 Å². The highest BCUT2D eigenvalue weighted by Gasteiger charge is 2.21. The highest BCUT2D eigenvalue weighted by Crippen LogP contribution is 2.18. The molecule has 1 aliphatic rings. The minimum atomic E-state index is -0.0897. The van der Waals surface area contributed by atoms with Gasteiger partial charge in [-0.05, 0) is 48.6 Å². The Balaban J connectivity index is 1.41. The lowest BCUT2D eigenvalue weighted by atomic mass is 10.2. The maximum atomic E-state index is 12.2. The van der Waals surface area contributed by atoms with Gasteiger partial charge in [-0.3, -0.25) is 9.69 Å². The van der Waals surface area contributed by atoms with Crippen LogP contribution in [0.5, 0.6) is 0 Å². The van der Waals surface area contributed by atoms with Crippen LogP contribution in [0.2, 0.25) is 0 Å². The fraction of sp³-hybridized carbons (Fsp3) is 0.263. The molecule has 5 nitrogen and oxygen atoms in total. The van der Waals surface area contributed by atoms with E-state index in [4.69, 9.17) is 0 Å². The first-order valence-electron chi connectivity index (χ1n) is 8.35. The zero-order chi connectivity index (χ0) is 17.5. The van der Waals surface area contributed by atoms with Gasteiger partial charge in [0.25, 0.3) is 5.91 Å². The number of thioether (sulfide) groups is 1. The highest BCUT2D eigenvalue weighted by molar-refractivity contribution is 7.99. The predicted molar refractivity (Wildman–Crippen MR) is 101 cm³/mol. The largest absolute Gasteiger partial charge is 0.352 e. The predicted octanol–water partition coefficient (Wildman–Crippen LogP) is 3.13. The quantitative estimate of drug-likeness (QED) is 0.592. The van der Waals surface area contributed by atoms with E-state index >= 15 is 0 Å². The van der Waals surface area contributed by atoms with Crippen LogP contribution < -0.4 is 15.5 Å². The molecule has 130 valence electrons. The molecule has 2 aromatic rings. The topological polar surface area (TPSA) is 61.4 Å². The summed E-state index contributed by atoms with van der Waals surface area (Å²) < 4.78 is 0. The van der Waals surface area contributed by atoms with Gasteiger partial charge in [0.15, 0.2) is 0 Å². The van der Waals surface area contributed by atoms with Crippen molar-refractivity contribution in [3.63, 3.8) is 0 Å². The van der Waals surface area contributed by atoms with E-state index in [1.54, 1.807) is 28.8 Å². The van der Waals surface area contributed by atoms with Crippen molar-refractivity contribution in [2.24, 2.45) is 0 Å². The third kappa shape index (κ3) is 4.76. The fourth-order valence-corrected chi connectivity index (χ4v) is 3.47. The highest BCUT2D eigenvalue weighted by atomic mass is 32.2. The molecule has 1 heterocycles. The minimum absolute atomic E-state index is 0.0814. The molecule has 2 aromatic carbocycles. The molecule has 3 amide bonds. The van der Waals surface area contributed by atoms with Crippen LogP contribution >= 0.6 is 11.8 Å². The Morgan fingerprint density at radius 2 is 1.88 bits per heavy atom. The van der Waals surface area contributed by atoms with Crippen molar-refractivity contribution in [2.75, 3.05) is 30.3 Å². The molecule has 0 spiro atoms. The third-order valence-electron chi connectivity index (χ3n) is 3.92. The second-order valence-corrected chi connectivity index (χ2v) is 6.87. The molecule has 1 saturated heterocycles. The number of hydrogen-bond acceptors (Lipinski definition) is 3. The number of rotatable bonds is 7. The van der Waals surface area contributed by atoms with Gasteiger partial charge in [-0.15, -0.1) is 11.8 Å². The standard InChI is InChI=1S/C19H21N3O2S/c23-18(20-11-4-14-25-17-5-2-1-3-6-17)15-7-9-16(10-8-15)22-13-12-21-19(22)24/h1-3,5-10H,4,11-14H2,(H,20,23)(H,21,24). The summed E-state index contributed by atoms with van der Waals surface area (Å²) in [5.41, 5.74) is 1.42. The summed E-state index contributed by atoms with van der Waals surface area (Å²) in [5.74, 6) is 0.884. The van der Waals surface area contributed by atoms with E-state index in [2.05, 4.69) is 22.8 Å². The van der Waals surface area contributed by atoms with Gasteiger partial charge in [0, 0.05) is 35.8 Å². The molecule has 0 atom stereocenters. The van der Waals surface area contributed by atoms with Crippen LogP contribution in [0, 0.1) is 0 Å². The van der Waals surface area contributed by atoms with Crippen LogP contribution in [0.1, 0.15) is 16.8 Å². The maximum absolute atomic E-state index is 12.2. The molecular formula is C19H21N3O2S. The van der Waals surface area contributed by atoms with E-state index in [9.17, 15) is 9.59 Å². The van der Waals surface area contributed by atoms with Crippen molar-refractivity contribution in [2.45, 2.75) is 11.3 Å². The summed E-state index contributed by atoms with van der Waals surface area (Å²) in [5, 5.41) is 5.70. The molecule has 1 fully saturated rings. The van der Waals surface area contributed by atoms with Crippen LogP contribution in [0.4, 0.5) is 10.5 Å². The number of urea groups is 1. The number of amides is 3. The van der Waals surface area contributed by atoms with Crippen molar-refractivity contribution in [1.29, 1.82) is 0 Å². The van der Waals surface area contributed by atoms with Crippen molar-refractivity contribution in [3.05, 3.63) is 60.2 Å². The van der Waals surface area contributed by atoms with Gasteiger partial charge in [0.2, 0.25) is 0 Å². The number of benzene rings is 2. The van der Waals surface area contributed by atoms with Crippen LogP contribution in [0.15, 0.2) is 59.5 Å². The monoisotopic (exact) mass is 355 g/mol. The Morgan fingerprint density at radius 1 is 1.12 bits per heavy atom. The molecule has 0 saturated carbocycles. The fourth-order valence-electron chi connectivity index (χ4n) is 2.59. The van der Waals surface area contributed by atoms with E-state index in [1.165, 1.54) is 4.90 Å². The average Bonchev–Trinajstić information content (AvgIpc) is 3.08. The Hall–Kier alpha value is -2.47. The van der Waals surface area contributed by atoms with Crippen LogP contribution in [-0.2, 0) is 0 Å². The summed E-state index contributed by atoms with van der Waals surface area (Å²) in [6.45, 7) is 1.96. The van der Waals surface area contributed by atoms with E-state index < -0.39 is 0 Å². The van der Waals surface area contributed by atoms with E-state index in [0.717, 1.165) is 17.9 Å². The smallest absolute Gasteiger partial charge is 0.321 e. The Bertz CT molecular complexity index is 719. The molecule has 25 heavy (non-hydrogen) atoms. The number of carbonyl (C=O) groups excluding carboxylic acids is 2.